The molecular formula is C22H20O3. The van der Waals surface area contributed by atoms with E-state index in [2.05, 4.69) is 6.58 Å². The number of carbonyl (C=O) groups is 1. The second-order valence-corrected chi connectivity index (χ2v) is 5.66. The van der Waals surface area contributed by atoms with Gasteiger partial charge in [0.2, 0.25) is 0 Å². The van der Waals surface area contributed by atoms with Crippen molar-refractivity contribution in [1.29, 1.82) is 0 Å². The Bertz CT molecular complexity index is 884. The molecule has 0 aliphatic rings. The molecule has 0 fully saturated rings. The molecule has 0 aromatic heterocycles. The van der Waals surface area contributed by atoms with Crippen LogP contribution >= 0.6 is 0 Å². The first-order chi connectivity index (χ1) is 12.2. The summed E-state index contributed by atoms with van der Waals surface area (Å²) in [6.45, 7) is 5.98. The largest absolute Gasteiger partial charge is 0.481 e. The van der Waals surface area contributed by atoms with E-state index in [1.807, 2.05) is 72.8 Å². The fourth-order valence-corrected chi connectivity index (χ4v) is 2.68. The lowest BCUT2D eigenvalue weighted by Crippen LogP contribution is -2.18. The molecule has 0 heterocycles. The number of rotatable bonds is 6. The van der Waals surface area contributed by atoms with Gasteiger partial charge in [-0.1, -0.05) is 67.2 Å². The lowest BCUT2D eigenvalue weighted by Gasteiger charge is -2.21. The molecule has 126 valence electrons. The third kappa shape index (κ3) is 3.89. The van der Waals surface area contributed by atoms with Gasteiger partial charge in [0.25, 0.3) is 0 Å². The van der Waals surface area contributed by atoms with Gasteiger partial charge in [-0.2, -0.15) is 0 Å². The third-order valence-electron chi connectivity index (χ3n) is 3.93. The molecule has 0 saturated heterocycles. The number of hydrogen-bond acceptors (Lipinski definition) is 3. The second kappa shape index (κ2) is 7.67. The number of carbonyl (C=O) groups excluding carboxylic acids is 1. The van der Waals surface area contributed by atoms with Crippen LogP contribution < -0.4 is 4.74 Å². The molecule has 0 N–H and O–H groups in total. The summed E-state index contributed by atoms with van der Waals surface area (Å²) in [5, 5.41) is 2.21. The van der Waals surface area contributed by atoms with Crippen molar-refractivity contribution in [3.05, 3.63) is 90.5 Å². The SMILES string of the molecule is C=C(C(=O)OCC)C(Oc1ccc2ccccc2c1)c1ccccc1. The van der Waals surface area contributed by atoms with Gasteiger partial charge < -0.3 is 9.47 Å². The van der Waals surface area contributed by atoms with Crippen molar-refractivity contribution in [2.75, 3.05) is 6.61 Å². The van der Waals surface area contributed by atoms with Gasteiger partial charge >= 0.3 is 5.97 Å². The first-order valence-electron chi connectivity index (χ1n) is 8.25. The van der Waals surface area contributed by atoms with E-state index in [9.17, 15) is 4.79 Å². The van der Waals surface area contributed by atoms with Gasteiger partial charge in [-0.3, -0.25) is 0 Å². The van der Waals surface area contributed by atoms with Crippen molar-refractivity contribution in [3.63, 3.8) is 0 Å². The zero-order valence-electron chi connectivity index (χ0n) is 14.1. The van der Waals surface area contributed by atoms with Crippen molar-refractivity contribution < 1.29 is 14.3 Å². The fraction of sp³-hybridized carbons (Fsp3) is 0.136. The van der Waals surface area contributed by atoms with Crippen LogP contribution in [0.4, 0.5) is 0 Å². The van der Waals surface area contributed by atoms with Crippen LogP contribution in [-0.2, 0) is 9.53 Å². The Kier molecular flexibility index (Phi) is 5.14. The van der Waals surface area contributed by atoms with Crippen molar-refractivity contribution in [2.45, 2.75) is 13.0 Å². The zero-order valence-corrected chi connectivity index (χ0v) is 14.1. The maximum Gasteiger partial charge on any atom is 0.337 e. The predicted octanol–water partition coefficient (Wildman–Crippen LogP) is 5.08. The van der Waals surface area contributed by atoms with Gasteiger partial charge in [0.15, 0.2) is 6.10 Å². The van der Waals surface area contributed by atoms with E-state index < -0.39 is 12.1 Å². The molecule has 25 heavy (non-hydrogen) atoms. The number of benzene rings is 3. The quantitative estimate of drug-likeness (QED) is 0.466. The summed E-state index contributed by atoms with van der Waals surface area (Å²) in [5.41, 5.74) is 1.13. The predicted molar refractivity (Wildman–Crippen MR) is 99.5 cm³/mol. The Balaban J connectivity index is 1.93. The molecule has 0 aliphatic carbocycles. The summed E-state index contributed by atoms with van der Waals surface area (Å²) in [6.07, 6.45) is -0.596. The lowest BCUT2D eigenvalue weighted by atomic mass is 10.0. The monoisotopic (exact) mass is 332 g/mol. The standard InChI is InChI=1S/C22H20O3/c1-3-24-22(23)16(2)21(18-10-5-4-6-11-18)25-20-14-13-17-9-7-8-12-19(17)15-20/h4-15,21H,2-3H2,1H3. The minimum absolute atomic E-state index is 0.279. The first-order valence-corrected chi connectivity index (χ1v) is 8.25. The Morgan fingerprint density at radius 1 is 0.960 bits per heavy atom. The molecule has 1 atom stereocenters. The smallest absolute Gasteiger partial charge is 0.337 e. The van der Waals surface area contributed by atoms with Crippen LogP contribution in [0, 0.1) is 0 Å². The van der Waals surface area contributed by atoms with Gasteiger partial charge in [-0.25, -0.2) is 4.79 Å². The first kappa shape index (κ1) is 16.8. The highest BCUT2D eigenvalue weighted by atomic mass is 16.5. The van der Waals surface area contributed by atoms with Gasteiger partial charge in [-0.05, 0) is 35.4 Å². The lowest BCUT2D eigenvalue weighted by molar-refractivity contribution is -0.139. The topological polar surface area (TPSA) is 35.5 Å². The van der Waals surface area contributed by atoms with Gasteiger partial charge in [-0.15, -0.1) is 0 Å². The molecule has 0 bridgehead atoms. The summed E-state index contributed by atoms with van der Waals surface area (Å²) in [4.78, 5) is 12.2. The van der Waals surface area contributed by atoms with Crippen molar-refractivity contribution in [3.8, 4) is 5.75 Å². The summed E-state index contributed by atoms with van der Waals surface area (Å²) >= 11 is 0. The molecule has 3 nitrogen and oxygen atoms in total. The Labute approximate surface area is 147 Å². The molecule has 0 saturated carbocycles. The van der Waals surface area contributed by atoms with Gasteiger partial charge in [0.1, 0.15) is 5.75 Å². The Hall–Kier alpha value is -3.07. The minimum Gasteiger partial charge on any atom is -0.481 e. The van der Waals surface area contributed by atoms with Crippen LogP contribution in [0.3, 0.4) is 0 Å². The molecule has 3 aromatic rings. The van der Waals surface area contributed by atoms with E-state index in [1.54, 1.807) is 6.92 Å². The molecule has 1 unspecified atom stereocenters. The molecule has 0 spiro atoms. The number of fused-ring (bicyclic) bond motifs is 1. The van der Waals surface area contributed by atoms with Crippen molar-refractivity contribution >= 4 is 16.7 Å². The highest BCUT2D eigenvalue weighted by Crippen LogP contribution is 2.30. The fourth-order valence-electron chi connectivity index (χ4n) is 2.68. The van der Waals surface area contributed by atoms with E-state index in [-0.39, 0.29) is 5.57 Å². The average molecular weight is 332 g/mol. The summed E-state index contributed by atoms with van der Waals surface area (Å²) < 4.78 is 11.2. The highest BCUT2D eigenvalue weighted by molar-refractivity contribution is 5.89. The van der Waals surface area contributed by atoms with Crippen LogP contribution in [-0.4, -0.2) is 12.6 Å². The molecule has 3 aromatic carbocycles. The van der Waals surface area contributed by atoms with Crippen LogP contribution in [0.1, 0.15) is 18.6 Å². The Morgan fingerprint density at radius 2 is 1.64 bits per heavy atom. The van der Waals surface area contributed by atoms with E-state index in [0.29, 0.717) is 12.4 Å². The van der Waals surface area contributed by atoms with Gasteiger partial charge in [0.05, 0.1) is 12.2 Å². The van der Waals surface area contributed by atoms with Crippen LogP contribution in [0.2, 0.25) is 0 Å². The molecule has 0 aliphatic heterocycles. The summed E-state index contributed by atoms with van der Waals surface area (Å²) in [6, 6.07) is 23.5. The maximum absolute atomic E-state index is 12.2. The number of esters is 1. The van der Waals surface area contributed by atoms with Crippen molar-refractivity contribution in [2.24, 2.45) is 0 Å². The highest BCUT2D eigenvalue weighted by Gasteiger charge is 2.24. The minimum atomic E-state index is -0.596. The van der Waals surface area contributed by atoms with Crippen LogP contribution in [0.15, 0.2) is 84.9 Å². The zero-order chi connectivity index (χ0) is 17.6. The Morgan fingerprint density at radius 3 is 2.36 bits per heavy atom. The summed E-state index contributed by atoms with van der Waals surface area (Å²) in [7, 11) is 0. The molecule has 3 heteroatoms. The summed E-state index contributed by atoms with van der Waals surface area (Å²) in [5.74, 6) is 0.232. The molecule has 0 amide bonds. The average Bonchev–Trinajstić information content (AvgIpc) is 2.66. The normalized spacial score (nSPS) is 11.7. The molecule has 3 rings (SSSR count). The van der Waals surface area contributed by atoms with Gasteiger partial charge in [0, 0.05) is 0 Å². The molecular weight excluding hydrogens is 312 g/mol. The second-order valence-electron chi connectivity index (χ2n) is 5.66. The van der Waals surface area contributed by atoms with E-state index in [1.165, 1.54) is 0 Å². The van der Waals surface area contributed by atoms with Crippen LogP contribution in [0.5, 0.6) is 5.75 Å². The number of hydrogen-bond donors (Lipinski definition) is 0. The van der Waals surface area contributed by atoms with Crippen molar-refractivity contribution in [1.82, 2.24) is 0 Å². The van der Waals surface area contributed by atoms with E-state index in [4.69, 9.17) is 9.47 Å². The third-order valence-corrected chi connectivity index (χ3v) is 3.93. The van der Waals surface area contributed by atoms with Crippen LogP contribution in [0.25, 0.3) is 10.8 Å². The van der Waals surface area contributed by atoms with E-state index in [0.717, 1.165) is 16.3 Å². The molecule has 0 radical (unpaired) electrons. The van der Waals surface area contributed by atoms with E-state index >= 15 is 0 Å². The number of ether oxygens (including phenoxy) is 2. The maximum atomic E-state index is 12.2.